The summed E-state index contributed by atoms with van der Waals surface area (Å²) in [5.74, 6) is 0.179. The lowest BCUT2D eigenvalue weighted by Gasteiger charge is -2.34. The van der Waals surface area contributed by atoms with Crippen molar-refractivity contribution in [1.29, 1.82) is 0 Å². The Hall–Kier alpha value is -2.40. The lowest BCUT2D eigenvalue weighted by Crippen LogP contribution is -2.38. The van der Waals surface area contributed by atoms with Gasteiger partial charge in [-0.1, -0.05) is 37.6 Å². The summed E-state index contributed by atoms with van der Waals surface area (Å²) in [7, 11) is 0. The van der Waals surface area contributed by atoms with Crippen LogP contribution in [0, 0.1) is 17.0 Å². The number of nitro groups is 1. The fraction of sp³-hybridized carbons (Fsp3) is 0.381. The van der Waals surface area contributed by atoms with E-state index in [1.165, 1.54) is 6.07 Å². The third-order valence-corrected chi connectivity index (χ3v) is 4.93. The van der Waals surface area contributed by atoms with E-state index in [-0.39, 0.29) is 18.0 Å². The molecule has 0 fully saturated rings. The van der Waals surface area contributed by atoms with Gasteiger partial charge in [0.05, 0.1) is 10.3 Å². The molecule has 0 aliphatic heterocycles. The highest BCUT2D eigenvalue weighted by Gasteiger charge is 2.38. The Morgan fingerprint density at radius 2 is 2.00 bits per heavy atom. The minimum Gasteiger partial charge on any atom is -0.485 e. The van der Waals surface area contributed by atoms with Gasteiger partial charge in [-0.15, -0.1) is 0 Å². The number of hydrogen-bond acceptors (Lipinski definition) is 4. The van der Waals surface area contributed by atoms with E-state index in [0.29, 0.717) is 11.4 Å². The predicted molar refractivity (Wildman–Crippen MR) is 107 cm³/mol. The van der Waals surface area contributed by atoms with E-state index in [1.807, 2.05) is 26.0 Å². The van der Waals surface area contributed by atoms with E-state index in [1.54, 1.807) is 25.1 Å². The molecule has 0 heterocycles. The second-order valence-electron chi connectivity index (χ2n) is 6.45. The van der Waals surface area contributed by atoms with Crippen molar-refractivity contribution in [3.05, 3.63) is 68.2 Å². The van der Waals surface area contributed by atoms with Crippen LogP contribution in [0.15, 0.2) is 36.4 Å². The first-order valence-electron chi connectivity index (χ1n) is 9.08. The van der Waals surface area contributed by atoms with Gasteiger partial charge in [0, 0.05) is 11.1 Å². The molecule has 144 valence electrons. The average Bonchev–Trinajstić information content (AvgIpc) is 2.68. The van der Waals surface area contributed by atoms with Crippen LogP contribution < -0.4 is 4.74 Å². The van der Waals surface area contributed by atoms with E-state index in [2.05, 4.69) is 0 Å². The SMILES string of the molecule is CC.Cc1ccc(OCC2(C=O)CCCc3cc(Cl)ccc32)c([N+](=O)[O-])c1. The van der Waals surface area contributed by atoms with E-state index in [4.69, 9.17) is 16.3 Å². The smallest absolute Gasteiger partial charge is 0.311 e. The second-order valence-corrected chi connectivity index (χ2v) is 6.88. The molecule has 0 saturated heterocycles. The van der Waals surface area contributed by atoms with Gasteiger partial charge < -0.3 is 9.53 Å². The summed E-state index contributed by atoms with van der Waals surface area (Å²) in [5, 5.41) is 11.9. The van der Waals surface area contributed by atoms with Crippen molar-refractivity contribution in [3.8, 4) is 5.75 Å². The van der Waals surface area contributed by atoms with E-state index in [9.17, 15) is 14.9 Å². The molecule has 0 aromatic heterocycles. The normalized spacial score (nSPS) is 17.9. The molecule has 1 aliphatic carbocycles. The summed E-state index contributed by atoms with van der Waals surface area (Å²) < 4.78 is 5.77. The zero-order chi connectivity index (χ0) is 20.0. The van der Waals surface area contributed by atoms with Gasteiger partial charge in [-0.3, -0.25) is 10.1 Å². The number of carbonyl (C=O) groups excluding carboxylic acids is 1. The Labute approximate surface area is 164 Å². The number of benzene rings is 2. The third kappa shape index (κ3) is 4.48. The van der Waals surface area contributed by atoms with Crippen LogP contribution in [0.2, 0.25) is 5.02 Å². The quantitative estimate of drug-likeness (QED) is 0.388. The first kappa shape index (κ1) is 20.9. The molecule has 0 saturated carbocycles. The minimum atomic E-state index is -0.809. The summed E-state index contributed by atoms with van der Waals surface area (Å²) >= 11 is 6.06. The predicted octanol–water partition coefficient (Wildman–Crippen LogP) is 5.43. The minimum absolute atomic E-state index is 0.0645. The second kappa shape index (κ2) is 9.00. The maximum Gasteiger partial charge on any atom is 0.311 e. The number of rotatable bonds is 5. The first-order valence-corrected chi connectivity index (χ1v) is 9.46. The molecule has 0 amide bonds. The van der Waals surface area contributed by atoms with E-state index < -0.39 is 10.3 Å². The van der Waals surface area contributed by atoms with Crippen LogP contribution >= 0.6 is 11.6 Å². The molecule has 1 atom stereocenters. The Morgan fingerprint density at radius 3 is 2.67 bits per heavy atom. The molecule has 3 rings (SSSR count). The molecule has 27 heavy (non-hydrogen) atoms. The van der Waals surface area contributed by atoms with Gasteiger partial charge in [0.15, 0.2) is 5.75 Å². The van der Waals surface area contributed by atoms with Crippen LogP contribution in [-0.4, -0.2) is 17.8 Å². The van der Waals surface area contributed by atoms with Gasteiger partial charge in [0.2, 0.25) is 0 Å². The summed E-state index contributed by atoms with van der Waals surface area (Å²) in [5.41, 5.74) is 1.81. The molecule has 0 bridgehead atoms. The summed E-state index contributed by atoms with van der Waals surface area (Å²) in [6.45, 7) is 5.85. The zero-order valence-corrected chi connectivity index (χ0v) is 16.6. The Morgan fingerprint density at radius 1 is 1.26 bits per heavy atom. The monoisotopic (exact) mass is 389 g/mol. The van der Waals surface area contributed by atoms with Crippen LogP contribution in [0.25, 0.3) is 0 Å². The zero-order valence-electron chi connectivity index (χ0n) is 15.8. The molecule has 0 N–H and O–H groups in total. The first-order chi connectivity index (χ1) is 12.9. The van der Waals surface area contributed by atoms with E-state index >= 15 is 0 Å². The number of fused-ring (bicyclic) bond motifs is 1. The molecule has 0 spiro atoms. The van der Waals surface area contributed by atoms with Crippen molar-refractivity contribution in [2.24, 2.45) is 0 Å². The molecule has 5 nitrogen and oxygen atoms in total. The fourth-order valence-electron chi connectivity index (χ4n) is 3.39. The average molecular weight is 390 g/mol. The highest BCUT2D eigenvalue weighted by Crippen LogP contribution is 2.38. The van der Waals surface area contributed by atoms with Crippen molar-refractivity contribution >= 4 is 23.6 Å². The summed E-state index contributed by atoms with van der Waals surface area (Å²) in [4.78, 5) is 22.8. The highest BCUT2D eigenvalue weighted by atomic mass is 35.5. The largest absolute Gasteiger partial charge is 0.485 e. The van der Waals surface area contributed by atoms with Gasteiger partial charge in [0.25, 0.3) is 0 Å². The van der Waals surface area contributed by atoms with Crippen molar-refractivity contribution in [2.45, 2.75) is 45.4 Å². The Balaban J connectivity index is 0.00000126. The lowest BCUT2D eigenvalue weighted by atomic mass is 9.71. The fourth-order valence-corrected chi connectivity index (χ4v) is 3.58. The maximum absolute atomic E-state index is 12.0. The van der Waals surface area contributed by atoms with Crippen LogP contribution in [-0.2, 0) is 16.6 Å². The molecular formula is C21H24ClNO4. The van der Waals surface area contributed by atoms with E-state index in [0.717, 1.165) is 35.8 Å². The number of nitrogens with zero attached hydrogens (tertiary/aromatic N) is 1. The number of hydrogen-bond donors (Lipinski definition) is 0. The molecule has 2 aromatic rings. The number of aldehydes is 1. The van der Waals surface area contributed by atoms with Crippen LogP contribution in [0.3, 0.4) is 0 Å². The molecule has 1 aliphatic rings. The Bertz CT molecular complexity index is 837. The molecule has 2 aromatic carbocycles. The summed E-state index contributed by atoms with van der Waals surface area (Å²) in [6.07, 6.45) is 3.24. The van der Waals surface area contributed by atoms with Gasteiger partial charge >= 0.3 is 5.69 Å². The lowest BCUT2D eigenvalue weighted by molar-refractivity contribution is -0.386. The third-order valence-electron chi connectivity index (χ3n) is 4.69. The van der Waals surface area contributed by atoms with Crippen molar-refractivity contribution in [3.63, 3.8) is 0 Å². The van der Waals surface area contributed by atoms with Crippen LogP contribution in [0.4, 0.5) is 5.69 Å². The van der Waals surface area contributed by atoms with Gasteiger partial charge in [-0.05, 0) is 61.1 Å². The Kier molecular flexibility index (Phi) is 6.97. The number of halogens is 1. The topological polar surface area (TPSA) is 69.4 Å². The standard InChI is InChI=1S/C19H18ClNO4.C2H6/c1-13-4-7-18(17(9-13)21(23)24)25-12-19(11-22)8-2-3-14-10-15(20)5-6-16(14)19;1-2/h4-7,9-11H,2-3,8,12H2,1H3;1-2H3. The van der Waals surface area contributed by atoms with Gasteiger partial charge in [-0.25, -0.2) is 0 Å². The highest BCUT2D eigenvalue weighted by molar-refractivity contribution is 6.30. The van der Waals surface area contributed by atoms with Gasteiger partial charge in [0.1, 0.15) is 12.9 Å². The van der Waals surface area contributed by atoms with Crippen molar-refractivity contribution in [1.82, 2.24) is 0 Å². The molecule has 1 unspecified atom stereocenters. The van der Waals surface area contributed by atoms with Crippen molar-refractivity contribution in [2.75, 3.05) is 6.61 Å². The summed E-state index contributed by atoms with van der Waals surface area (Å²) in [6, 6.07) is 10.3. The molecular weight excluding hydrogens is 366 g/mol. The molecule has 6 heteroatoms. The van der Waals surface area contributed by atoms with Crippen LogP contribution in [0.1, 0.15) is 43.4 Å². The van der Waals surface area contributed by atoms with Crippen molar-refractivity contribution < 1.29 is 14.5 Å². The number of aryl methyl sites for hydroxylation is 2. The van der Waals surface area contributed by atoms with Gasteiger partial charge in [-0.2, -0.15) is 0 Å². The van der Waals surface area contributed by atoms with Crippen LogP contribution in [0.5, 0.6) is 5.75 Å². The molecule has 0 radical (unpaired) electrons. The number of nitro benzene ring substituents is 1. The number of carbonyl (C=O) groups is 1. The maximum atomic E-state index is 12.0. The number of ether oxygens (including phenoxy) is 1.